The topological polar surface area (TPSA) is 15.8 Å². The molecule has 0 saturated heterocycles. The van der Waals surface area contributed by atoms with E-state index < -0.39 is 11.6 Å². The molecule has 0 spiro atoms. The summed E-state index contributed by atoms with van der Waals surface area (Å²) in [7, 11) is 0. The molecule has 0 aliphatic rings. The normalized spacial score (nSPS) is 9.57. The van der Waals surface area contributed by atoms with Crippen LogP contribution < -0.4 is 0 Å². The van der Waals surface area contributed by atoms with Gasteiger partial charge in [0.05, 0.1) is 0 Å². The van der Waals surface area contributed by atoms with Crippen LogP contribution >= 0.6 is 0 Å². The van der Waals surface area contributed by atoms with Gasteiger partial charge in [-0.15, -0.1) is 12.1 Å². The first-order valence-electron chi connectivity index (χ1n) is 3.78. The fraction of sp³-hybridized carbons (Fsp3) is 0. The Morgan fingerprint density at radius 1 is 1.14 bits per heavy atom. The first-order chi connectivity index (χ1) is 6.27. The Hall–Kier alpha value is -0.926. The summed E-state index contributed by atoms with van der Waals surface area (Å²) in [5.74, 6) is -1.37. The van der Waals surface area contributed by atoms with Crippen LogP contribution in [0.5, 0.6) is 0 Å². The van der Waals surface area contributed by atoms with E-state index in [0.29, 0.717) is 11.3 Å². The molecule has 0 aliphatic carbocycles. The molecule has 1 N–H and O–H groups in total. The van der Waals surface area contributed by atoms with Gasteiger partial charge in [0.15, 0.2) is 0 Å². The summed E-state index contributed by atoms with van der Waals surface area (Å²) in [5.41, 5.74) is 0.945. The third-order valence-electron chi connectivity index (χ3n) is 1.75. The predicted molar refractivity (Wildman–Crippen MR) is 45.0 cm³/mol. The standard InChI is InChI=1S/C10H6F2N.Ti/c11-7-3-4-8(9(12)6-7)10-2-1-5-13-10;/h1-5,13H;/q-1;. The van der Waals surface area contributed by atoms with Gasteiger partial charge < -0.3 is 4.98 Å². The van der Waals surface area contributed by atoms with Crippen molar-refractivity contribution in [3.63, 3.8) is 0 Å². The summed E-state index contributed by atoms with van der Waals surface area (Å²) in [6, 6.07) is 8.00. The van der Waals surface area contributed by atoms with Gasteiger partial charge in [-0.3, -0.25) is 0 Å². The van der Waals surface area contributed by atoms with Crippen LogP contribution in [-0.4, -0.2) is 4.98 Å². The SMILES string of the molecule is Fc1[c-]c(F)c(-c2ccc[nH]2)cc1.[Ti]. The summed E-state index contributed by atoms with van der Waals surface area (Å²) >= 11 is 0. The van der Waals surface area contributed by atoms with E-state index in [1.54, 1.807) is 18.3 Å². The van der Waals surface area contributed by atoms with E-state index in [1.165, 1.54) is 12.1 Å². The molecule has 0 unspecified atom stereocenters. The van der Waals surface area contributed by atoms with Gasteiger partial charge in [-0.05, 0) is 17.8 Å². The van der Waals surface area contributed by atoms with E-state index in [2.05, 4.69) is 4.98 Å². The van der Waals surface area contributed by atoms with E-state index in [1.807, 2.05) is 6.07 Å². The average Bonchev–Trinajstić information content (AvgIpc) is 2.56. The second-order valence-electron chi connectivity index (χ2n) is 2.62. The van der Waals surface area contributed by atoms with Crippen LogP contribution in [0.1, 0.15) is 0 Å². The molecule has 1 aromatic heterocycles. The number of nitrogens with one attached hydrogen (secondary N) is 1. The number of rotatable bonds is 1. The van der Waals surface area contributed by atoms with Gasteiger partial charge in [0, 0.05) is 39.5 Å². The number of hydrogen-bond donors (Lipinski definition) is 1. The third kappa shape index (κ3) is 2.11. The summed E-state index contributed by atoms with van der Waals surface area (Å²) in [6.07, 6.45) is 1.68. The molecule has 0 bridgehead atoms. The number of aromatic amines is 1. The quantitative estimate of drug-likeness (QED) is 0.568. The molecule has 0 fully saturated rings. The molecule has 1 heterocycles. The Kier molecular flexibility index (Phi) is 3.61. The van der Waals surface area contributed by atoms with Crippen molar-refractivity contribution in [2.45, 2.75) is 0 Å². The van der Waals surface area contributed by atoms with Crippen LogP contribution in [0.25, 0.3) is 11.3 Å². The van der Waals surface area contributed by atoms with Crippen LogP contribution in [0, 0.1) is 17.7 Å². The van der Waals surface area contributed by atoms with Gasteiger partial charge >= 0.3 is 0 Å². The molecule has 0 amide bonds. The van der Waals surface area contributed by atoms with Crippen molar-refractivity contribution in [1.82, 2.24) is 4.98 Å². The third-order valence-corrected chi connectivity index (χ3v) is 1.75. The fourth-order valence-corrected chi connectivity index (χ4v) is 1.15. The van der Waals surface area contributed by atoms with Gasteiger partial charge in [0.2, 0.25) is 0 Å². The van der Waals surface area contributed by atoms with E-state index in [4.69, 9.17) is 0 Å². The second-order valence-corrected chi connectivity index (χ2v) is 2.62. The zero-order valence-corrected chi connectivity index (χ0v) is 8.70. The van der Waals surface area contributed by atoms with Crippen LogP contribution in [0.4, 0.5) is 8.78 Å². The minimum Gasteiger partial charge on any atom is -0.371 e. The summed E-state index contributed by atoms with van der Waals surface area (Å²) in [4.78, 5) is 2.83. The fourth-order valence-electron chi connectivity index (χ4n) is 1.15. The Bertz CT molecular complexity index is 412. The largest absolute Gasteiger partial charge is 0.371 e. The first kappa shape index (κ1) is 11.2. The Morgan fingerprint density at radius 2 is 1.93 bits per heavy atom. The van der Waals surface area contributed by atoms with E-state index in [0.717, 1.165) is 0 Å². The molecule has 2 rings (SSSR count). The minimum atomic E-state index is -0.687. The van der Waals surface area contributed by atoms with E-state index in [-0.39, 0.29) is 21.7 Å². The molecule has 0 radical (unpaired) electrons. The maximum atomic E-state index is 13.1. The van der Waals surface area contributed by atoms with Gasteiger partial charge in [-0.1, -0.05) is 5.56 Å². The predicted octanol–water partition coefficient (Wildman–Crippen LogP) is 2.76. The Labute approximate surface area is 95.0 Å². The molecule has 70 valence electrons. The van der Waals surface area contributed by atoms with Gasteiger partial charge in [0.25, 0.3) is 0 Å². The average molecular weight is 226 g/mol. The minimum absolute atomic E-state index is 0. The van der Waals surface area contributed by atoms with Crippen molar-refractivity contribution in [2.24, 2.45) is 0 Å². The maximum absolute atomic E-state index is 13.1. The molecular formula is C10H6F2NTi-. The van der Waals surface area contributed by atoms with Crippen LogP contribution in [-0.2, 0) is 21.7 Å². The molecule has 4 heteroatoms. The first-order valence-corrected chi connectivity index (χ1v) is 3.78. The van der Waals surface area contributed by atoms with Crippen molar-refractivity contribution in [3.05, 3.63) is 48.2 Å². The van der Waals surface area contributed by atoms with E-state index >= 15 is 0 Å². The van der Waals surface area contributed by atoms with Gasteiger partial charge in [0.1, 0.15) is 0 Å². The van der Waals surface area contributed by atoms with Crippen molar-refractivity contribution in [2.75, 3.05) is 0 Å². The molecule has 1 nitrogen and oxygen atoms in total. The van der Waals surface area contributed by atoms with Crippen LogP contribution in [0.15, 0.2) is 30.5 Å². The van der Waals surface area contributed by atoms with Crippen LogP contribution in [0.2, 0.25) is 0 Å². The zero-order valence-electron chi connectivity index (χ0n) is 7.14. The van der Waals surface area contributed by atoms with Crippen molar-refractivity contribution in [3.8, 4) is 11.3 Å². The number of hydrogen-bond acceptors (Lipinski definition) is 0. The Morgan fingerprint density at radius 3 is 2.50 bits per heavy atom. The number of halogens is 2. The smallest absolute Gasteiger partial charge is 0.0226 e. The van der Waals surface area contributed by atoms with Crippen molar-refractivity contribution >= 4 is 0 Å². The molecule has 0 atom stereocenters. The molecular weight excluding hydrogens is 220 g/mol. The zero-order chi connectivity index (χ0) is 9.26. The van der Waals surface area contributed by atoms with Crippen LogP contribution in [0.3, 0.4) is 0 Å². The monoisotopic (exact) mass is 226 g/mol. The molecule has 0 saturated carbocycles. The molecule has 2 aromatic rings. The number of benzene rings is 1. The summed E-state index contributed by atoms with van der Waals surface area (Å²) < 4.78 is 25.6. The number of aromatic nitrogens is 1. The summed E-state index contributed by atoms with van der Waals surface area (Å²) in [5, 5.41) is 0. The van der Waals surface area contributed by atoms with Gasteiger partial charge in [-0.25, -0.2) is 8.78 Å². The van der Waals surface area contributed by atoms with Gasteiger partial charge in [-0.2, -0.15) is 6.07 Å². The molecule has 1 aromatic carbocycles. The second kappa shape index (κ2) is 4.53. The maximum Gasteiger partial charge on any atom is 0.0226 e. The molecule has 14 heavy (non-hydrogen) atoms. The molecule has 0 aliphatic heterocycles. The summed E-state index contributed by atoms with van der Waals surface area (Å²) in [6.45, 7) is 0. The Balaban J connectivity index is 0.000000980. The number of H-pyrrole nitrogens is 1. The van der Waals surface area contributed by atoms with Crippen molar-refractivity contribution < 1.29 is 30.5 Å². The van der Waals surface area contributed by atoms with E-state index in [9.17, 15) is 8.78 Å². The van der Waals surface area contributed by atoms with Crippen molar-refractivity contribution in [1.29, 1.82) is 0 Å².